The van der Waals surface area contributed by atoms with Gasteiger partial charge in [-0.1, -0.05) is 6.92 Å². The molecular formula is C13H23N3O2. The van der Waals surface area contributed by atoms with Crippen molar-refractivity contribution in [3.8, 4) is 0 Å². The molecule has 0 aliphatic carbocycles. The number of likely N-dealkylation sites (tertiary alicyclic amines) is 1. The van der Waals surface area contributed by atoms with Crippen molar-refractivity contribution in [2.75, 3.05) is 33.2 Å². The Kier molecular flexibility index (Phi) is 3.61. The largest absolute Gasteiger partial charge is 0.343 e. The van der Waals surface area contributed by atoms with Gasteiger partial charge in [-0.25, -0.2) is 0 Å². The quantitative estimate of drug-likeness (QED) is 0.757. The van der Waals surface area contributed by atoms with E-state index in [0.717, 1.165) is 25.9 Å². The molecule has 2 heterocycles. The van der Waals surface area contributed by atoms with Crippen LogP contribution in [0, 0.1) is 5.41 Å². The first kappa shape index (κ1) is 13.3. The van der Waals surface area contributed by atoms with Crippen LogP contribution in [0.5, 0.6) is 0 Å². The van der Waals surface area contributed by atoms with Gasteiger partial charge < -0.3 is 15.1 Å². The van der Waals surface area contributed by atoms with Crippen LogP contribution in [0.2, 0.25) is 0 Å². The monoisotopic (exact) mass is 253 g/mol. The van der Waals surface area contributed by atoms with E-state index in [2.05, 4.69) is 24.2 Å². The van der Waals surface area contributed by atoms with E-state index in [4.69, 9.17) is 0 Å². The minimum absolute atomic E-state index is 0.0429. The summed E-state index contributed by atoms with van der Waals surface area (Å²) in [7, 11) is 2.13. The van der Waals surface area contributed by atoms with Gasteiger partial charge in [-0.2, -0.15) is 0 Å². The van der Waals surface area contributed by atoms with Gasteiger partial charge in [0.1, 0.15) is 6.04 Å². The second-order valence-corrected chi connectivity index (χ2v) is 6.10. The Hall–Kier alpha value is -1.10. The summed E-state index contributed by atoms with van der Waals surface area (Å²) in [4.78, 5) is 27.6. The van der Waals surface area contributed by atoms with E-state index in [-0.39, 0.29) is 29.8 Å². The Morgan fingerprint density at radius 3 is 2.56 bits per heavy atom. The maximum atomic E-state index is 12.1. The first-order chi connectivity index (χ1) is 8.39. The first-order valence-electron chi connectivity index (χ1n) is 6.66. The third-order valence-corrected chi connectivity index (χ3v) is 4.16. The molecule has 5 heteroatoms. The van der Waals surface area contributed by atoms with Gasteiger partial charge >= 0.3 is 0 Å². The molecule has 2 fully saturated rings. The van der Waals surface area contributed by atoms with Crippen molar-refractivity contribution in [2.45, 2.75) is 32.7 Å². The smallest absolute Gasteiger partial charge is 0.245 e. The highest BCUT2D eigenvalue weighted by Gasteiger charge is 2.36. The van der Waals surface area contributed by atoms with E-state index in [1.807, 2.05) is 0 Å². The average Bonchev–Trinajstić information content (AvgIpc) is 2.30. The zero-order valence-corrected chi connectivity index (χ0v) is 11.5. The van der Waals surface area contributed by atoms with Crippen LogP contribution < -0.4 is 5.32 Å². The number of hydrogen-bond donors (Lipinski definition) is 1. The molecule has 18 heavy (non-hydrogen) atoms. The molecule has 2 aliphatic heterocycles. The molecule has 1 N–H and O–H groups in total. The lowest BCUT2D eigenvalue weighted by molar-refractivity contribution is -0.145. The molecule has 102 valence electrons. The molecule has 2 rings (SSSR count). The van der Waals surface area contributed by atoms with Crippen molar-refractivity contribution in [1.82, 2.24) is 15.1 Å². The van der Waals surface area contributed by atoms with Gasteiger partial charge in [0.05, 0.1) is 6.54 Å². The van der Waals surface area contributed by atoms with Crippen molar-refractivity contribution < 1.29 is 9.59 Å². The molecule has 1 atom stereocenters. The van der Waals surface area contributed by atoms with Gasteiger partial charge in [-0.3, -0.25) is 9.59 Å². The Balaban J connectivity index is 1.99. The van der Waals surface area contributed by atoms with Crippen molar-refractivity contribution in [3.63, 3.8) is 0 Å². The highest BCUT2D eigenvalue weighted by molar-refractivity contribution is 5.94. The zero-order chi connectivity index (χ0) is 13.3. The van der Waals surface area contributed by atoms with E-state index >= 15 is 0 Å². The number of carbonyl (C=O) groups is 2. The van der Waals surface area contributed by atoms with Crippen LogP contribution in [0.4, 0.5) is 0 Å². The number of hydrogen-bond acceptors (Lipinski definition) is 3. The van der Waals surface area contributed by atoms with Crippen LogP contribution >= 0.6 is 0 Å². The van der Waals surface area contributed by atoms with Crippen LogP contribution in [0.15, 0.2) is 0 Å². The lowest BCUT2D eigenvalue weighted by atomic mass is 9.79. The molecule has 0 spiro atoms. The Morgan fingerprint density at radius 2 is 1.94 bits per heavy atom. The minimum Gasteiger partial charge on any atom is -0.343 e. The molecule has 1 unspecified atom stereocenters. The number of amides is 2. The molecule has 0 radical (unpaired) electrons. The third-order valence-electron chi connectivity index (χ3n) is 4.16. The van der Waals surface area contributed by atoms with Crippen molar-refractivity contribution in [3.05, 3.63) is 0 Å². The summed E-state index contributed by atoms with van der Waals surface area (Å²) < 4.78 is 0. The fourth-order valence-corrected chi connectivity index (χ4v) is 2.79. The topological polar surface area (TPSA) is 52.7 Å². The molecular weight excluding hydrogens is 230 g/mol. The van der Waals surface area contributed by atoms with Crippen LogP contribution in [-0.4, -0.2) is 60.9 Å². The van der Waals surface area contributed by atoms with Crippen molar-refractivity contribution >= 4 is 11.8 Å². The summed E-state index contributed by atoms with van der Waals surface area (Å²) in [5, 5.41) is 2.68. The second kappa shape index (κ2) is 4.88. The number of nitrogens with one attached hydrogen (secondary N) is 1. The van der Waals surface area contributed by atoms with Gasteiger partial charge in [0.2, 0.25) is 11.8 Å². The van der Waals surface area contributed by atoms with Crippen molar-refractivity contribution in [1.29, 1.82) is 0 Å². The van der Waals surface area contributed by atoms with E-state index in [1.54, 1.807) is 11.8 Å². The first-order valence-corrected chi connectivity index (χ1v) is 6.66. The summed E-state index contributed by atoms with van der Waals surface area (Å²) in [6, 6.07) is -0.374. The van der Waals surface area contributed by atoms with Gasteiger partial charge in [-0.05, 0) is 45.3 Å². The highest BCUT2D eigenvalue weighted by Crippen LogP contribution is 2.31. The van der Waals surface area contributed by atoms with Crippen LogP contribution in [0.3, 0.4) is 0 Å². The molecule has 5 nitrogen and oxygen atoms in total. The second-order valence-electron chi connectivity index (χ2n) is 6.10. The van der Waals surface area contributed by atoms with E-state index in [0.29, 0.717) is 6.54 Å². The normalized spacial score (nSPS) is 29.3. The maximum absolute atomic E-state index is 12.1. The fourth-order valence-electron chi connectivity index (χ4n) is 2.79. The summed E-state index contributed by atoms with van der Waals surface area (Å²) >= 11 is 0. The molecule has 2 amide bonds. The summed E-state index contributed by atoms with van der Waals surface area (Å²) in [6.45, 7) is 7.04. The number of piperidine rings is 1. The minimum atomic E-state index is -0.374. The summed E-state index contributed by atoms with van der Waals surface area (Å²) in [5.41, 5.74) is 0.152. The highest BCUT2D eigenvalue weighted by atomic mass is 16.2. The van der Waals surface area contributed by atoms with E-state index in [9.17, 15) is 9.59 Å². The van der Waals surface area contributed by atoms with Crippen LogP contribution in [-0.2, 0) is 9.59 Å². The molecule has 2 saturated heterocycles. The fraction of sp³-hybridized carbons (Fsp3) is 0.846. The Labute approximate surface area is 108 Å². The van der Waals surface area contributed by atoms with Crippen molar-refractivity contribution in [2.24, 2.45) is 5.41 Å². The Morgan fingerprint density at radius 1 is 1.33 bits per heavy atom. The number of piperazine rings is 1. The van der Waals surface area contributed by atoms with Gasteiger partial charge in [-0.15, -0.1) is 0 Å². The standard InChI is InChI=1S/C13H23N3O2/c1-10-12(18)16(8-11(17)14-10)9-13(2)4-6-15(3)7-5-13/h10H,4-9H2,1-3H3,(H,14,17). The van der Waals surface area contributed by atoms with Crippen LogP contribution in [0.25, 0.3) is 0 Å². The molecule has 0 saturated carbocycles. The lowest BCUT2D eigenvalue weighted by Gasteiger charge is -2.42. The molecule has 0 aromatic rings. The lowest BCUT2D eigenvalue weighted by Crippen LogP contribution is -2.59. The predicted octanol–water partition coefficient (Wildman–Crippen LogP) is 0.0652. The SMILES string of the molecule is CC1NC(=O)CN(CC2(C)CCN(C)CC2)C1=O. The average molecular weight is 253 g/mol. The third kappa shape index (κ3) is 2.83. The summed E-state index contributed by atoms with van der Waals surface area (Å²) in [5.74, 6) is 0.00776. The summed E-state index contributed by atoms with van der Waals surface area (Å²) in [6.07, 6.45) is 2.17. The maximum Gasteiger partial charge on any atom is 0.245 e. The predicted molar refractivity (Wildman–Crippen MR) is 69.0 cm³/mol. The van der Waals surface area contributed by atoms with Crippen LogP contribution in [0.1, 0.15) is 26.7 Å². The number of nitrogens with zero attached hydrogens (tertiary/aromatic N) is 2. The molecule has 0 aromatic heterocycles. The molecule has 2 aliphatic rings. The number of rotatable bonds is 2. The zero-order valence-electron chi connectivity index (χ0n) is 11.5. The molecule has 0 bridgehead atoms. The van der Waals surface area contributed by atoms with E-state index in [1.165, 1.54) is 0 Å². The van der Waals surface area contributed by atoms with E-state index < -0.39 is 0 Å². The molecule has 0 aromatic carbocycles. The Bertz CT molecular complexity index is 348. The van der Waals surface area contributed by atoms with Gasteiger partial charge in [0.25, 0.3) is 0 Å². The number of carbonyl (C=O) groups excluding carboxylic acids is 2. The van der Waals surface area contributed by atoms with Gasteiger partial charge in [0, 0.05) is 6.54 Å². The van der Waals surface area contributed by atoms with Gasteiger partial charge in [0.15, 0.2) is 0 Å².